The molecule has 31 heavy (non-hydrogen) atoms. The van der Waals surface area contributed by atoms with Crippen LogP contribution >= 0.6 is 11.6 Å². The number of halogens is 1. The maximum Gasteiger partial charge on any atom is 0.408 e. The molecule has 8 heteroatoms. The summed E-state index contributed by atoms with van der Waals surface area (Å²) in [5.74, 6) is -0.454. The number of benzene rings is 2. The van der Waals surface area contributed by atoms with Crippen molar-refractivity contribution >= 4 is 35.2 Å². The van der Waals surface area contributed by atoms with E-state index in [4.69, 9.17) is 16.3 Å². The zero-order valence-corrected chi connectivity index (χ0v) is 18.7. The summed E-state index contributed by atoms with van der Waals surface area (Å²) in [6, 6.07) is 14.6. The quantitative estimate of drug-likeness (QED) is 0.571. The SMILES string of the molecule is CC(C)(C)OC(=O)NCC(=O)NCc1cccc(NC(=O)CCc2cccc(Cl)c2)c1. The van der Waals surface area contributed by atoms with Gasteiger partial charge in [0.15, 0.2) is 0 Å². The van der Waals surface area contributed by atoms with Gasteiger partial charge in [0.25, 0.3) is 0 Å². The predicted octanol–water partition coefficient (Wildman–Crippen LogP) is 4.05. The van der Waals surface area contributed by atoms with Crippen molar-refractivity contribution in [1.82, 2.24) is 10.6 Å². The van der Waals surface area contributed by atoms with Gasteiger partial charge in [0.1, 0.15) is 12.1 Å². The van der Waals surface area contributed by atoms with Crippen LogP contribution in [0, 0.1) is 0 Å². The van der Waals surface area contributed by atoms with Crippen LogP contribution in [0.2, 0.25) is 5.02 Å². The van der Waals surface area contributed by atoms with Gasteiger partial charge in [0.2, 0.25) is 11.8 Å². The van der Waals surface area contributed by atoms with Crippen molar-refractivity contribution in [3.05, 3.63) is 64.7 Å². The molecule has 0 unspecified atom stereocenters. The minimum Gasteiger partial charge on any atom is -0.444 e. The molecule has 0 bridgehead atoms. The molecule has 166 valence electrons. The van der Waals surface area contributed by atoms with Gasteiger partial charge in [-0.25, -0.2) is 4.79 Å². The second-order valence-electron chi connectivity index (χ2n) is 8.01. The van der Waals surface area contributed by atoms with Crippen LogP contribution in [0.25, 0.3) is 0 Å². The summed E-state index contributed by atoms with van der Waals surface area (Å²) in [7, 11) is 0. The number of alkyl carbamates (subject to hydrolysis) is 1. The molecule has 0 radical (unpaired) electrons. The number of carbonyl (C=O) groups excluding carboxylic acids is 3. The van der Waals surface area contributed by atoms with Crippen molar-refractivity contribution in [1.29, 1.82) is 0 Å². The molecule has 0 aromatic heterocycles. The third-order valence-electron chi connectivity index (χ3n) is 4.02. The van der Waals surface area contributed by atoms with Crippen LogP contribution in [0.5, 0.6) is 0 Å². The highest BCUT2D eigenvalue weighted by atomic mass is 35.5. The molecule has 0 heterocycles. The van der Waals surface area contributed by atoms with Crippen LogP contribution < -0.4 is 16.0 Å². The normalized spacial score (nSPS) is 10.8. The van der Waals surface area contributed by atoms with Gasteiger partial charge in [-0.1, -0.05) is 35.9 Å². The van der Waals surface area contributed by atoms with E-state index in [-0.39, 0.29) is 24.9 Å². The zero-order valence-electron chi connectivity index (χ0n) is 18.0. The summed E-state index contributed by atoms with van der Waals surface area (Å²) in [5.41, 5.74) is 1.84. The first-order valence-electron chi connectivity index (χ1n) is 9.97. The fourth-order valence-electron chi connectivity index (χ4n) is 2.66. The Kier molecular flexibility index (Phi) is 8.88. The van der Waals surface area contributed by atoms with E-state index in [0.29, 0.717) is 23.6 Å². The first kappa shape index (κ1) is 24.2. The lowest BCUT2D eigenvalue weighted by Crippen LogP contribution is -2.39. The van der Waals surface area contributed by atoms with E-state index < -0.39 is 11.7 Å². The highest BCUT2D eigenvalue weighted by Crippen LogP contribution is 2.14. The van der Waals surface area contributed by atoms with Crippen molar-refractivity contribution in [3.8, 4) is 0 Å². The summed E-state index contributed by atoms with van der Waals surface area (Å²) in [6.45, 7) is 5.32. The van der Waals surface area contributed by atoms with Crippen LogP contribution in [0.4, 0.5) is 10.5 Å². The minimum absolute atomic E-state index is 0.109. The lowest BCUT2D eigenvalue weighted by molar-refractivity contribution is -0.120. The molecule has 3 N–H and O–H groups in total. The van der Waals surface area contributed by atoms with E-state index >= 15 is 0 Å². The first-order chi connectivity index (χ1) is 14.6. The summed E-state index contributed by atoms with van der Waals surface area (Å²) >= 11 is 5.96. The Bertz CT molecular complexity index is 925. The van der Waals surface area contributed by atoms with E-state index in [0.717, 1.165) is 11.1 Å². The van der Waals surface area contributed by atoms with Crippen molar-refractivity contribution in [2.45, 2.75) is 45.8 Å². The van der Waals surface area contributed by atoms with Gasteiger partial charge in [-0.2, -0.15) is 0 Å². The summed E-state index contributed by atoms with van der Waals surface area (Å²) in [6.07, 6.45) is 0.273. The molecular formula is C23H28ClN3O4. The number of aryl methyl sites for hydroxylation is 1. The maximum absolute atomic E-state index is 12.2. The molecule has 7 nitrogen and oxygen atoms in total. The Balaban J connectivity index is 1.76. The minimum atomic E-state index is -0.648. The van der Waals surface area contributed by atoms with E-state index in [1.807, 2.05) is 24.3 Å². The molecular weight excluding hydrogens is 418 g/mol. The zero-order chi connectivity index (χ0) is 22.9. The van der Waals surface area contributed by atoms with Crippen molar-refractivity contribution < 1.29 is 19.1 Å². The summed E-state index contributed by atoms with van der Waals surface area (Å²) in [4.78, 5) is 35.7. The van der Waals surface area contributed by atoms with Gasteiger partial charge in [0, 0.05) is 23.7 Å². The molecule has 0 atom stereocenters. The van der Waals surface area contributed by atoms with Crippen LogP contribution in [0.1, 0.15) is 38.3 Å². The standard InChI is InChI=1S/C23H28ClN3O4/c1-23(2,3)31-22(30)26-15-21(29)25-14-17-7-5-9-19(13-17)27-20(28)11-10-16-6-4-8-18(24)12-16/h4-9,12-13H,10-11,14-15H2,1-3H3,(H,25,29)(H,26,30)(H,27,28). The highest BCUT2D eigenvalue weighted by Gasteiger charge is 2.16. The number of hydrogen-bond donors (Lipinski definition) is 3. The first-order valence-corrected chi connectivity index (χ1v) is 10.4. The lowest BCUT2D eigenvalue weighted by atomic mass is 10.1. The molecule has 0 aliphatic carbocycles. The van der Waals surface area contributed by atoms with Gasteiger partial charge in [-0.3, -0.25) is 9.59 Å². The Labute approximate surface area is 187 Å². The number of nitrogens with one attached hydrogen (secondary N) is 3. The number of amides is 3. The third-order valence-corrected chi connectivity index (χ3v) is 4.26. The molecule has 3 amide bonds. The Morgan fingerprint density at radius 3 is 2.35 bits per heavy atom. The smallest absolute Gasteiger partial charge is 0.408 e. The molecule has 0 spiro atoms. The number of rotatable bonds is 8. The summed E-state index contributed by atoms with van der Waals surface area (Å²) in [5, 5.41) is 8.63. The molecule has 2 aromatic carbocycles. The Morgan fingerprint density at radius 2 is 1.65 bits per heavy atom. The van der Waals surface area contributed by atoms with E-state index in [1.165, 1.54) is 0 Å². The number of hydrogen-bond acceptors (Lipinski definition) is 4. The van der Waals surface area contributed by atoms with Crippen LogP contribution in [-0.4, -0.2) is 30.1 Å². The number of ether oxygens (including phenoxy) is 1. The Morgan fingerprint density at radius 1 is 0.935 bits per heavy atom. The van der Waals surface area contributed by atoms with Gasteiger partial charge >= 0.3 is 6.09 Å². The molecule has 0 saturated carbocycles. The average molecular weight is 446 g/mol. The number of anilines is 1. The molecule has 0 aliphatic heterocycles. The third kappa shape index (κ3) is 10.00. The number of carbonyl (C=O) groups is 3. The van der Waals surface area contributed by atoms with Gasteiger partial charge in [-0.15, -0.1) is 0 Å². The van der Waals surface area contributed by atoms with Crippen LogP contribution in [0.15, 0.2) is 48.5 Å². The Hall–Kier alpha value is -3.06. The molecule has 0 saturated heterocycles. The van der Waals surface area contributed by atoms with E-state index in [9.17, 15) is 14.4 Å². The second-order valence-corrected chi connectivity index (χ2v) is 8.45. The molecule has 0 aliphatic rings. The molecule has 2 aromatic rings. The highest BCUT2D eigenvalue weighted by molar-refractivity contribution is 6.30. The van der Waals surface area contributed by atoms with Gasteiger partial charge in [-0.05, 0) is 62.6 Å². The van der Waals surface area contributed by atoms with Crippen LogP contribution in [-0.2, 0) is 27.3 Å². The van der Waals surface area contributed by atoms with Crippen molar-refractivity contribution in [2.24, 2.45) is 0 Å². The fourth-order valence-corrected chi connectivity index (χ4v) is 2.88. The summed E-state index contributed by atoms with van der Waals surface area (Å²) < 4.78 is 5.08. The van der Waals surface area contributed by atoms with Crippen molar-refractivity contribution in [2.75, 3.05) is 11.9 Å². The molecule has 2 rings (SSSR count). The lowest BCUT2D eigenvalue weighted by Gasteiger charge is -2.19. The van der Waals surface area contributed by atoms with Crippen LogP contribution in [0.3, 0.4) is 0 Å². The monoisotopic (exact) mass is 445 g/mol. The fraction of sp³-hybridized carbons (Fsp3) is 0.348. The second kappa shape index (κ2) is 11.4. The van der Waals surface area contributed by atoms with E-state index in [2.05, 4.69) is 16.0 Å². The topological polar surface area (TPSA) is 96.5 Å². The van der Waals surface area contributed by atoms with E-state index in [1.54, 1.807) is 45.0 Å². The maximum atomic E-state index is 12.2. The van der Waals surface area contributed by atoms with Crippen molar-refractivity contribution in [3.63, 3.8) is 0 Å². The average Bonchev–Trinajstić information content (AvgIpc) is 2.68. The molecule has 0 fully saturated rings. The van der Waals surface area contributed by atoms with Gasteiger partial charge in [0.05, 0.1) is 0 Å². The largest absolute Gasteiger partial charge is 0.444 e. The predicted molar refractivity (Wildman–Crippen MR) is 121 cm³/mol. The van der Waals surface area contributed by atoms with Gasteiger partial charge < -0.3 is 20.7 Å².